The SMILES string of the molecule is CCC(CC)(CN)C(=O)N(C)Cc1cc(Cl)ccc1OC. The van der Waals surface area contributed by atoms with Crippen molar-refractivity contribution in [2.45, 2.75) is 33.2 Å². The van der Waals surface area contributed by atoms with Crippen LogP contribution in [0.4, 0.5) is 0 Å². The number of amides is 1. The smallest absolute Gasteiger partial charge is 0.230 e. The van der Waals surface area contributed by atoms with E-state index >= 15 is 0 Å². The van der Waals surface area contributed by atoms with E-state index in [1.54, 1.807) is 25.1 Å². The molecular weight excluding hydrogens is 288 g/mol. The van der Waals surface area contributed by atoms with E-state index in [0.717, 1.165) is 24.2 Å². The van der Waals surface area contributed by atoms with Gasteiger partial charge in [0, 0.05) is 30.7 Å². The molecular formula is C16H25ClN2O2. The maximum atomic E-state index is 12.7. The molecule has 1 amide bonds. The fourth-order valence-corrected chi connectivity index (χ4v) is 2.73. The van der Waals surface area contributed by atoms with Crippen LogP contribution in [0.5, 0.6) is 5.75 Å². The summed E-state index contributed by atoms with van der Waals surface area (Å²) in [7, 11) is 3.40. The van der Waals surface area contributed by atoms with Crippen molar-refractivity contribution >= 4 is 17.5 Å². The van der Waals surface area contributed by atoms with Gasteiger partial charge in [-0.2, -0.15) is 0 Å². The van der Waals surface area contributed by atoms with Crippen LogP contribution in [0, 0.1) is 5.41 Å². The Morgan fingerprint density at radius 2 is 2.00 bits per heavy atom. The van der Waals surface area contributed by atoms with E-state index in [-0.39, 0.29) is 5.91 Å². The zero-order chi connectivity index (χ0) is 16.0. The highest BCUT2D eigenvalue weighted by Gasteiger charge is 2.35. The van der Waals surface area contributed by atoms with E-state index in [1.807, 2.05) is 26.0 Å². The molecule has 2 N–H and O–H groups in total. The van der Waals surface area contributed by atoms with Crippen molar-refractivity contribution in [1.29, 1.82) is 0 Å². The summed E-state index contributed by atoms with van der Waals surface area (Å²) in [6.07, 6.45) is 1.46. The first-order valence-electron chi connectivity index (χ1n) is 7.22. The second-order valence-corrected chi connectivity index (χ2v) is 5.75. The van der Waals surface area contributed by atoms with E-state index in [9.17, 15) is 4.79 Å². The zero-order valence-corrected chi connectivity index (χ0v) is 14.0. The topological polar surface area (TPSA) is 55.6 Å². The Hall–Kier alpha value is -1.26. The molecule has 0 unspecified atom stereocenters. The molecule has 0 saturated carbocycles. The number of hydrogen-bond donors (Lipinski definition) is 1. The molecule has 0 aliphatic carbocycles. The molecule has 1 aromatic rings. The normalized spacial score (nSPS) is 11.3. The number of hydrogen-bond acceptors (Lipinski definition) is 3. The van der Waals surface area contributed by atoms with Gasteiger partial charge in [-0.15, -0.1) is 0 Å². The molecule has 1 rings (SSSR count). The first-order chi connectivity index (χ1) is 9.93. The van der Waals surface area contributed by atoms with Gasteiger partial charge in [0.25, 0.3) is 0 Å². The molecule has 5 heteroatoms. The van der Waals surface area contributed by atoms with Crippen molar-refractivity contribution in [1.82, 2.24) is 4.90 Å². The Kier molecular flexibility index (Phi) is 6.49. The molecule has 0 radical (unpaired) electrons. The minimum atomic E-state index is -0.486. The lowest BCUT2D eigenvalue weighted by molar-refractivity contribution is -0.141. The van der Waals surface area contributed by atoms with Gasteiger partial charge >= 0.3 is 0 Å². The van der Waals surface area contributed by atoms with Crippen molar-refractivity contribution in [3.05, 3.63) is 28.8 Å². The number of ether oxygens (including phenoxy) is 1. The van der Waals surface area contributed by atoms with Crippen molar-refractivity contribution in [3.63, 3.8) is 0 Å². The summed E-state index contributed by atoms with van der Waals surface area (Å²) >= 11 is 6.03. The summed E-state index contributed by atoms with van der Waals surface area (Å²) in [5, 5.41) is 0.628. The van der Waals surface area contributed by atoms with Crippen molar-refractivity contribution in [2.24, 2.45) is 11.1 Å². The lowest BCUT2D eigenvalue weighted by Gasteiger charge is -2.33. The number of rotatable bonds is 7. The van der Waals surface area contributed by atoms with Crippen LogP contribution in [-0.2, 0) is 11.3 Å². The van der Waals surface area contributed by atoms with Gasteiger partial charge in [-0.05, 0) is 31.0 Å². The standard InChI is InChI=1S/C16H25ClN2O2/c1-5-16(6-2,11-18)15(20)19(3)10-12-9-13(17)7-8-14(12)21-4/h7-9H,5-6,10-11,18H2,1-4H3. The van der Waals surface area contributed by atoms with Crippen LogP contribution in [0.3, 0.4) is 0 Å². The van der Waals surface area contributed by atoms with Gasteiger partial charge < -0.3 is 15.4 Å². The summed E-state index contributed by atoms with van der Waals surface area (Å²) in [5.74, 6) is 0.794. The molecule has 21 heavy (non-hydrogen) atoms. The number of halogens is 1. The van der Waals surface area contributed by atoms with E-state index < -0.39 is 5.41 Å². The van der Waals surface area contributed by atoms with Gasteiger partial charge in [0.05, 0.1) is 12.5 Å². The van der Waals surface area contributed by atoms with E-state index in [1.165, 1.54) is 0 Å². The third-order valence-corrected chi connectivity index (χ3v) is 4.43. The first kappa shape index (κ1) is 17.8. The van der Waals surface area contributed by atoms with Gasteiger partial charge in [0.1, 0.15) is 5.75 Å². The van der Waals surface area contributed by atoms with Gasteiger partial charge in [-0.1, -0.05) is 25.4 Å². The van der Waals surface area contributed by atoms with Gasteiger partial charge in [0.2, 0.25) is 5.91 Å². The number of benzene rings is 1. The lowest BCUT2D eigenvalue weighted by Crippen LogP contribution is -2.45. The van der Waals surface area contributed by atoms with Crippen molar-refractivity contribution < 1.29 is 9.53 Å². The van der Waals surface area contributed by atoms with Gasteiger partial charge in [-0.25, -0.2) is 0 Å². The van der Waals surface area contributed by atoms with Crippen molar-refractivity contribution in [2.75, 3.05) is 20.7 Å². The maximum absolute atomic E-state index is 12.7. The first-order valence-corrected chi connectivity index (χ1v) is 7.60. The molecule has 0 heterocycles. The molecule has 0 saturated heterocycles. The highest BCUT2D eigenvalue weighted by atomic mass is 35.5. The largest absolute Gasteiger partial charge is 0.496 e. The van der Waals surface area contributed by atoms with Gasteiger partial charge in [0.15, 0.2) is 0 Å². The number of nitrogens with two attached hydrogens (primary N) is 1. The third kappa shape index (κ3) is 3.89. The summed E-state index contributed by atoms with van der Waals surface area (Å²) in [6.45, 7) is 4.81. The average molecular weight is 313 g/mol. The number of methoxy groups -OCH3 is 1. The lowest BCUT2D eigenvalue weighted by atomic mass is 9.81. The highest BCUT2D eigenvalue weighted by molar-refractivity contribution is 6.30. The predicted molar refractivity (Wildman–Crippen MR) is 86.5 cm³/mol. The Morgan fingerprint density at radius 1 is 1.38 bits per heavy atom. The Balaban J connectivity index is 2.97. The second kappa shape index (κ2) is 7.66. The minimum Gasteiger partial charge on any atom is -0.496 e. The Labute approximate surface area is 132 Å². The molecule has 0 aromatic heterocycles. The Bertz CT molecular complexity index is 479. The van der Waals surface area contributed by atoms with Crippen LogP contribution in [0.15, 0.2) is 18.2 Å². The zero-order valence-electron chi connectivity index (χ0n) is 13.3. The molecule has 0 bridgehead atoms. The summed E-state index contributed by atoms with van der Waals surface area (Å²) in [6, 6.07) is 5.41. The van der Waals surface area contributed by atoms with Crippen LogP contribution in [-0.4, -0.2) is 31.5 Å². The predicted octanol–water partition coefficient (Wildman–Crippen LogP) is 3.07. The number of carbonyl (C=O) groups is 1. The fourth-order valence-electron chi connectivity index (χ4n) is 2.53. The van der Waals surface area contributed by atoms with E-state index in [2.05, 4.69) is 0 Å². The molecule has 1 aromatic carbocycles. The summed E-state index contributed by atoms with van der Waals surface area (Å²) in [4.78, 5) is 14.4. The summed E-state index contributed by atoms with van der Waals surface area (Å²) < 4.78 is 5.32. The molecule has 4 nitrogen and oxygen atoms in total. The molecule has 0 atom stereocenters. The molecule has 0 spiro atoms. The van der Waals surface area contributed by atoms with Crippen LogP contribution in [0.25, 0.3) is 0 Å². The third-order valence-electron chi connectivity index (χ3n) is 4.19. The monoisotopic (exact) mass is 312 g/mol. The molecule has 0 aliphatic rings. The minimum absolute atomic E-state index is 0.0667. The van der Waals surface area contributed by atoms with Crippen LogP contribution < -0.4 is 10.5 Å². The highest BCUT2D eigenvalue weighted by Crippen LogP contribution is 2.29. The van der Waals surface area contributed by atoms with Crippen LogP contribution >= 0.6 is 11.6 Å². The number of carbonyl (C=O) groups excluding carboxylic acids is 1. The Morgan fingerprint density at radius 3 is 2.48 bits per heavy atom. The summed E-state index contributed by atoms with van der Waals surface area (Å²) in [5.41, 5.74) is 6.25. The average Bonchev–Trinajstić information content (AvgIpc) is 2.49. The van der Waals surface area contributed by atoms with Crippen LogP contribution in [0.2, 0.25) is 5.02 Å². The maximum Gasteiger partial charge on any atom is 0.230 e. The molecule has 0 fully saturated rings. The van der Waals surface area contributed by atoms with Crippen LogP contribution in [0.1, 0.15) is 32.3 Å². The van der Waals surface area contributed by atoms with E-state index in [4.69, 9.17) is 22.1 Å². The van der Waals surface area contributed by atoms with E-state index in [0.29, 0.717) is 18.1 Å². The fraction of sp³-hybridized carbons (Fsp3) is 0.562. The second-order valence-electron chi connectivity index (χ2n) is 5.31. The van der Waals surface area contributed by atoms with Crippen molar-refractivity contribution in [3.8, 4) is 5.75 Å². The quantitative estimate of drug-likeness (QED) is 0.842. The molecule has 0 aliphatic heterocycles. The number of nitrogens with zero attached hydrogens (tertiary/aromatic N) is 1. The van der Waals surface area contributed by atoms with Gasteiger partial charge in [-0.3, -0.25) is 4.79 Å². The molecule has 118 valence electrons.